The van der Waals surface area contributed by atoms with E-state index in [0.717, 1.165) is 38.5 Å². The number of benzene rings is 2. The van der Waals surface area contributed by atoms with Gasteiger partial charge in [-0.3, -0.25) is 20.4 Å². The fourth-order valence-corrected chi connectivity index (χ4v) is 5.16. The van der Waals surface area contributed by atoms with E-state index in [4.69, 9.17) is 34.9 Å². The highest BCUT2D eigenvalue weighted by Gasteiger charge is 2.17. The summed E-state index contributed by atoms with van der Waals surface area (Å²) in [5.41, 5.74) is 1.69. The number of aromatic nitrogens is 2. The van der Waals surface area contributed by atoms with Crippen LogP contribution in [-0.2, 0) is 19.0 Å². The lowest BCUT2D eigenvalue weighted by molar-refractivity contribution is -0.137. The smallest absolute Gasteiger partial charge is 0.303 e. The van der Waals surface area contributed by atoms with Crippen molar-refractivity contribution in [2.24, 2.45) is 0 Å². The van der Waals surface area contributed by atoms with Gasteiger partial charge in [-0.05, 0) is 81.5 Å². The summed E-state index contributed by atoms with van der Waals surface area (Å²) in [6, 6.07) is 12.3. The molecule has 3 rings (SSSR count). The Hall–Kier alpha value is -4.99. The first-order valence-electron chi connectivity index (χ1n) is 18.3. The number of likely N-dealkylation sites (N-methyl/N-ethyl adjacent to an activating group) is 1. The summed E-state index contributed by atoms with van der Waals surface area (Å²) in [6.45, 7) is 5.63. The number of hydrogen-bond acceptors (Lipinski definition) is 11. The van der Waals surface area contributed by atoms with Gasteiger partial charge in [0.15, 0.2) is 5.84 Å². The van der Waals surface area contributed by atoms with E-state index in [1.807, 2.05) is 0 Å². The van der Waals surface area contributed by atoms with Gasteiger partial charge < -0.3 is 39.6 Å². The second-order valence-corrected chi connectivity index (χ2v) is 12.6. The molecule has 2 aromatic carbocycles. The number of ether oxygens (including phenoxy) is 4. The molecule has 54 heavy (non-hydrogen) atoms. The van der Waals surface area contributed by atoms with E-state index < -0.39 is 17.8 Å². The Morgan fingerprint density at radius 3 is 2.20 bits per heavy atom. The first kappa shape index (κ1) is 43.4. The number of carboxylic acids is 1. The molecule has 0 aliphatic heterocycles. The van der Waals surface area contributed by atoms with Gasteiger partial charge in [-0.25, -0.2) is 14.4 Å². The summed E-state index contributed by atoms with van der Waals surface area (Å²) in [4.78, 5) is 32.9. The number of amidine groups is 2. The minimum absolute atomic E-state index is 0.0598. The highest BCUT2D eigenvalue weighted by Crippen LogP contribution is 2.24. The van der Waals surface area contributed by atoms with Gasteiger partial charge in [-0.15, -0.1) is 0 Å². The Morgan fingerprint density at radius 2 is 1.54 bits per heavy atom. The van der Waals surface area contributed by atoms with Crippen molar-refractivity contribution < 1.29 is 38.0 Å². The molecule has 0 aliphatic carbocycles. The van der Waals surface area contributed by atoms with Gasteiger partial charge in [0.25, 0.3) is 5.91 Å². The van der Waals surface area contributed by atoms with E-state index in [0.29, 0.717) is 80.9 Å². The Balaban J connectivity index is 1.27. The second kappa shape index (κ2) is 25.1. The van der Waals surface area contributed by atoms with Crippen molar-refractivity contribution in [3.8, 4) is 5.75 Å². The summed E-state index contributed by atoms with van der Waals surface area (Å²) >= 11 is 0. The molecular weight excluding hydrogens is 697 g/mol. The molecule has 1 heterocycles. The average molecular weight is 752 g/mol. The number of nitrogens with zero attached hydrogens (tertiary/aromatic N) is 3. The third kappa shape index (κ3) is 16.8. The van der Waals surface area contributed by atoms with E-state index in [9.17, 15) is 14.0 Å². The fourth-order valence-electron chi connectivity index (χ4n) is 5.16. The number of nitrogens with one attached hydrogen (secondary N) is 4. The van der Waals surface area contributed by atoms with E-state index in [1.165, 1.54) is 23.5 Å². The van der Waals surface area contributed by atoms with Crippen molar-refractivity contribution in [3.05, 3.63) is 83.7 Å². The summed E-state index contributed by atoms with van der Waals surface area (Å²) in [5, 5.41) is 31.2. The number of rotatable bonds is 27. The number of unbranched alkanes of at least 4 members (excludes halogenated alkanes) is 5. The molecule has 1 aromatic heterocycles. The maximum atomic E-state index is 14.8. The molecule has 1 atom stereocenters. The van der Waals surface area contributed by atoms with Crippen LogP contribution in [0, 0.1) is 16.6 Å². The molecule has 0 bridgehead atoms. The maximum absolute atomic E-state index is 14.8. The van der Waals surface area contributed by atoms with Crippen LogP contribution in [0.25, 0.3) is 0 Å². The fraction of sp³-hybridized carbons (Fsp3) is 0.487. The summed E-state index contributed by atoms with van der Waals surface area (Å²) in [6.07, 6.45) is 9.19. The van der Waals surface area contributed by atoms with Gasteiger partial charge >= 0.3 is 5.97 Å². The molecule has 294 valence electrons. The van der Waals surface area contributed by atoms with Crippen molar-refractivity contribution in [3.63, 3.8) is 0 Å². The maximum Gasteiger partial charge on any atom is 0.303 e. The third-order valence-corrected chi connectivity index (χ3v) is 8.31. The summed E-state index contributed by atoms with van der Waals surface area (Å²) in [7, 11) is 1.61. The van der Waals surface area contributed by atoms with E-state index in [-0.39, 0.29) is 30.5 Å². The molecule has 0 fully saturated rings. The zero-order valence-corrected chi connectivity index (χ0v) is 31.3. The van der Waals surface area contributed by atoms with Crippen LogP contribution in [0.3, 0.4) is 0 Å². The highest BCUT2D eigenvalue weighted by molar-refractivity contribution is 6.06. The van der Waals surface area contributed by atoms with Crippen LogP contribution >= 0.6 is 0 Å². The normalized spacial score (nSPS) is 11.5. The van der Waals surface area contributed by atoms with Gasteiger partial charge in [0, 0.05) is 49.7 Å². The van der Waals surface area contributed by atoms with Gasteiger partial charge in [0.05, 0.1) is 45.6 Å². The number of anilines is 1. The molecule has 0 saturated heterocycles. The topological polar surface area (TPSA) is 192 Å². The lowest BCUT2D eigenvalue weighted by Gasteiger charge is -2.21. The molecule has 0 aliphatic rings. The Bertz CT molecular complexity index is 1600. The number of carbonyl (C=O) groups is 2. The van der Waals surface area contributed by atoms with Crippen molar-refractivity contribution in [1.82, 2.24) is 20.2 Å². The van der Waals surface area contributed by atoms with Crippen molar-refractivity contribution in [1.29, 1.82) is 10.8 Å². The van der Waals surface area contributed by atoms with Crippen LogP contribution < -0.4 is 15.4 Å². The van der Waals surface area contributed by atoms with Crippen LogP contribution in [0.15, 0.2) is 61.1 Å². The van der Waals surface area contributed by atoms with Crippen molar-refractivity contribution in [2.45, 2.75) is 64.3 Å². The van der Waals surface area contributed by atoms with Crippen molar-refractivity contribution >= 4 is 29.2 Å². The first-order valence-corrected chi connectivity index (χ1v) is 18.3. The number of carboxylic acid groups (broad SMARTS) is 1. The summed E-state index contributed by atoms with van der Waals surface area (Å²) in [5.74, 6) is -0.865. The van der Waals surface area contributed by atoms with Crippen LogP contribution in [0.2, 0.25) is 0 Å². The molecule has 0 radical (unpaired) electrons. The SMILES string of the molecule is C[C@H](NC(=O)c1cccc(NCC(=N)N(C)C(=N)c2ccncn2)c1)c1cc(OCCCCCCOCCOCCOCCCCCC(=O)O)ccc1F. The van der Waals surface area contributed by atoms with Crippen LogP contribution in [0.1, 0.15) is 85.9 Å². The lowest BCUT2D eigenvalue weighted by atomic mass is 10.1. The predicted octanol–water partition coefficient (Wildman–Crippen LogP) is 6.09. The predicted molar refractivity (Wildman–Crippen MR) is 204 cm³/mol. The molecule has 1 amide bonds. The summed E-state index contributed by atoms with van der Waals surface area (Å²) < 4.78 is 37.3. The van der Waals surface area contributed by atoms with E-state index >= 15 is 0 Å². The van der Waals surface area contributed by atoms with Crippen LogP contribution in [0.5, 0.6) is 5.75 Å². The average Bonchev–Trinajstić information content (AvgIpc) is 3.18. The van der Waals surface area contributed by atoms with E-state index in [1.54, 1.807) is 56.4 Å². The van der Waals surface area contributed by atoms with E-state index in [2.05, 4.69) is 20.6 Å². The molecule has 14 nitrogen and oxygen atoms in total. The molecule has 3 aromatic rings. The zero-order chi connectivity index (χ0) is 39.0. The Morgan fingerprint density at radius 1 is 0.870 bits per heavy atom. The molecule has 0 saturated carbocycles. The molecule has 0 unspecified atom stereocenters. The molecule has 5 N–H and O–H groups in total. The number of aliphatic carboxylic acids is 1. The molecule has 15 heteroatoms. The van der Waals surface area contributed by atoms with Gasteiger partial charge in [-0.1, -0.05) is 18.9 Å². The Labute approximate surface area is 316 Å². The van der Waals surface area contributed by atoms with Crippen LogP contribution in [-0.4, -0.2) is 103 Å². The van der Waals surface area contributed by atoms with Crippen molar-refractivity contribution in [2.75, 3.05) is 65.2 Å². The minimum atomic E-state index is -0.760. The quantitative estimate of drug-likeness (QED) is 0.0344. The second-order valence-electron chi connectivity index (χ2n) is 12.6. The van der Waals surface area contributed by atoms with Gasteiger partial charge in [0.2, 0.25) is 0 Å². The first-order chi connectivity index (χ1) is 26.2. The van der Waals surface area contributed by atoms with Gasteiger partial charge in [-0.2, -0.15) is 0 Å². The number of hydrogen-bond donors (Lipinski definition) is 5. The number of carbonyl (C=O) groups excluding carboxylic acids is 1. The lowest BCUT2D eigenvalue weighted by Crippen LogP contribution is -2.37. The monoisotopic (exact) mass is 751 g/mol. The number of halogens is 1. The zero-order valence-electron chi connectivity index (χ0n) is 31.3. The highest BCUT2D eigenvalue weighted by atomic mass is 19.1. The molecular formula is C39H54FN7O7. The Kier molecular flexibility index (Phi) is 20.2. The molecule has 0 spiro atoms. The number of amides is 1. The standard InChI is InChI=1S/C39H54FN7O7/c1-29(46-39(50)30-11-10-12-31(25-30)44-27-36(41)47(2)38(42)35-16-17-43-28-45-35)33-26-32(14-15-34(33)40)54-20-9-4-3-7-18-51-21-23-53-24-22-52-19-8-5-6-13-37(48)49/h10-12,14-17,25-26,28-29,41-42,44H,3-9,13,18-24,27H2,1-2H3,(H,46,50)(H,48,49)/t29-/m0/s1. The van der Waals surface area contributed by atoms with Crippen LogP contribution in [0.4, 0.5) is 10.1 Å². The van der Waals surface area contributed by atoms with Gasteiger partial charge in [0.1, 0.15) is 29.4 Å². The largest absolute Gasteiger partial charge is 0.494 e. The minimum Gasteiger partial charge on any atom is -0.494 e. The third-order valence-electron chi connectivity index (χ3n) is 8.31.